The van der Waals surface area contributed by atoms with E-state index in [0.29, 0.717) is 16.5 Å². The predicted molar refractivity (Wildman–Crippen MR) is 100 cm³/mol. The number of hydrogen-bond acceptors (Lipinski definition) is 5. The van der Waals surface area contributed by atoms with Gasteiger partial charge in [0.25, 0.3) is 5.69 Å². The second kappa shape index (κ2) is 7.63. The van der Waals surface area contributed by atoms with Crippen LogP contribution in [0.4, 0.5) is 17.1 Å². The number of carbonyl (C=O) groups excluding carboxylic acids is 2. The third-order valence-electron chi connectivity index (χ3n) is 4.29. The molecule has 0 bridgehead atoms. The molecule has 3 rings (SSSR count). The van der Waals surface area contributed by atoms with Crippen LogP contribution in [0.25, 0.3) is 0 Å². The first kappa shape index (κ1) is 18.7. The Hall–Kier alpha value is -3.13. The number of hydrogen-bond donors (Lipinski definition) is 1. The van der Waals surface area contributed by atoms with Gasteiger partial charge in [0, 0.05) is 35.8 Å². The number of nitro benzene ring substituents is 1. The molecule has 1 aliphatic heterocycles. The zero-order valence-electron chi connectivity index (χ0n) is 14.3. The summed E-state index contributed by atoms with van der Waals surface area (Å²) in [6, 6.07) is 10.7. The second-order valence-corrected chi connectivity index (χ2v) is 6.45. The first-order valence-electron chi connectivity index (χ1n) is 8.08. The second-order valence-electron chi connectivity index (χ2n) is 6.01. The van der Waals surface area contributed by atoms with E-state index in [2.05, 4.69) is 5.32 Å². The number of amides is 2. The van der Waals surface area contributed by atoms with Crippen molar-refractivity contribution in [3.8, 4) is 5.75 Å². The number of non-ortho nitro benzene ring substituents is 1. The first-order valence-corrected chi connectivity index (χ1v) is 8.46. The fourth-order valence-corrected chi connectivity index (χ4v) is 3.02. The Morgan fingerprint density at radius 3 is 2.63 bits per heavy atom. The van der Waals surface area contributed by atoms with Crippen LogP contribution >= 0.6 is 11.6 Å². The Balaban J connectivity index is 1.75. The molecule has 2 aromatic carbocycles. The van der Waals surface area contributed by atoms with E-state index in [4.69, 9.17) is 16.3 Å². The highest BCUT2D eigenvalue weighted by Crippen LogP contribution is 2.31. The monoisotopic (exact) mass is 389 g/mol. The summed E-state index contributed by atoms with van der Waals surface area (Å²) >= 11 is 5.86. The number of nitrogens with zero attached hydrogens (tertiary/aromatic N) is 2. The zero-order chi connectivity index (χ0) is 19.6. The van der Waals surface area contributed by atoms with E-state index < -0.39 is 16.7 Å². The predicted octanol–water partition coefficient (Wildman–Crippen LogP) is 3.25. The number of anilines is 2. The minimum Gasteiger partial charge on any atom is -0.495 e. The molecule has 0 saturated carbocycles. The SMILES string of the molecule is COc1ccc([N+](=O)[O-])cc1NC(=O)[C@H]1CC(=O)N(c2ccc(Cl)cc2)C1. The lowest BCUT2D eigenvalue weighted by Gasteiger charge is -2.17. The van der Waals surface area contributed by atoms with Gasteiger partial charge in [-0.3, -0.25) is 19.7 Å². The molecule has 9 heteroatoms. The largest absolute Gasteiger partial charge is 0.495 e. The molecular formula is C18H16ClN3O5. The molecule has 1 saturated heterocycles. The maximum absolute atomic E-state index is 12.6. The van der Waals surface area contributed by atoms with Gasteiger partial charge < -0.3 is 15.0 Å². The minimum absolute atomic E-state index is 0.0473. The van der Waals surface area contributed by atoms with Crippen molar-refractivity contribution in [1.29, 1.82) is 0 Å². The third kappa shape index (κ3) is 4.01. The standard InChI is InChI=1S/C18H16ClN3O5/c1-27-16-7-6-14(22(25)26)9-15(16)20-18(24)11-8-17(23)21(10-11)13-4-2-12(19)3-5-13/h2-7,9,11H,8,10H2,1H3,(H,20,24)/t11-/m0/s1. The highest BCUT2D eigenvalue weighted by molar-refractivity contribution is 6.30. The van der Waals surface area contributed by atoms with Gasteiger partial charge in [0.05, 0.1) is 23.6 Å². The number of rotatable bonds is 5. The van der Waals surface area contributed by atoms with Crippen molar-refractivity contribution in [3.05, 3.63) is 57.6 Å². The van der Waals surface area contributed by atoms with Crippen LogP contribution in [0.3, 0.4) is 0 Å². The molecule has 27 heavy (non-hydrogen) atoms. The number of ether oxygens (including phenoxy) is 1. The quantitative estimate of drug-likeness (QED) is 0.624. The molecule has 0 unspecified atom stereocenters. The number of nitro groups is 1. The molecule has 1 atom stereocenters. The van der Waals surface area contributed by atoms with Crippen LogP contribution in [-0.4, -0.2) is 30.4 Å². The highest BCUT2D eigenvalue weighted by atomic mass is 35.5. The van der Waals surface area contributed by atoms with Gasteiger partial charge in [-0.25, -0.2) is 0 Å². The number of carbonyl (C=O) groups is 2. The van der Waals surface area contributed by atoms with Gasteiger partial charge in [0.1, 0.15) is 5.75 Å². The van der Waals surface area contributed by atoms with Gasteiger partial charge in [0.15, 0.2) is 0 Å². The summed E-state index contributed by atoms with van der Waals surface area (Å²) in [5.41, 5.74) is 0.679. The lowest BCUT2D eigenvalue weighted by molar-refractivity contribution is -0.384. The average molecular weight is 390 g/mol. The summed E-state index contributed by atoms with van der Waals surface area (Å²) in [6.07, 6.45) is 0.0473. The van der Waals surface area contributed by atoms with E-state index >= 15 is 0 Å². The summed E-state index contributed by atoms with van der Waals surface area (Å²) in [4.78, 5) is 36.8. The molecule has 1 aliphatic rings. The Labute approximate surface area is 159 Å². The molecule has 0 radical (unpaired) electrons. The Morgan fingerprint density at radius 2 is 2.00 bits per heavy atom. The van der Waals surface area contributed by atoms with Crippen LogP contribution in [0, 0.1) is 16.0 Å². The average Bonchev–Trinajstić information content (AvgIpc) is 3.04. The van der Waals surface area contributed by atoms with E-state index in [1.54, 1.807) is 24.3 Å². The van der Waals surface area contributed by atoms with Crippen LogP contribution in [0.15, 0.2) is 42.5 Å². The summed E-state index contributed by atoms with van der Waals surface area (Å²) in [7, 11) is 1.40. The lowest BCUT2D eigenvalue weighted by atomic mass is 10.1. The molecule has 0 aromatic heterocycles. The van der Waals surface area contributed by atoms with Crippen molar-refractivity contribution in [1.82, 2.24) is 0 Å². The van der Waals surface area contributed by atoms with Gasteiger partial charge in [-0.05, 0) is 30.3 Å². The summed E-state index contributed by atoms with van der Waals surface area (Å²) in [6.45, 7) is 0.212. The van der Waals surface area contributed by atoms with Crippen LogP contribution in [-0.2, 0) is 9.59 Å². The highest BCUT2D eigenvalue weighted by Gasteiger charge is 2.35. The Bertz CT molecular complexity index is 900. The Morgan fingerprint density at radius 1 is 1.30 bits per heavy atom. The number of benzene rings is 2. The van der Waals surface area contributed by atoms with Crippen molar-refractivity contribution in [2.75, 3.05) is 23.9 Å². The molecule has 140 valence electrons. The molecule has 1 N–H and O–H groups in total. The lowest BCUT2D eigenvalue weighted by Crippen LogP contribution is -2.28. The topological polar surface area (TPSA) is 102 Å². The molecule has 2 aromatic rings. The normalized spacial score (nSPS) is 16.3. The number of nitrogens with one attached hydrogen (secondary N) is 1. The van der Waals surface area contributed by atoms with E-state index in [1.165, 1.54) is 30.2 Å². The van der Waals surface area contributed by atoms with Gasteiger partial charge in [-0.15, -0.1) is 0 Å². The van der Waals surface area contributed by atoms with Crippen molar-refractivity contribution in [2.24, 2.45) is 5.92 Å². The maximum Gasteiger partial charge on any atom is 0.271 e. The molecule has 1 fully saturated rings. The molecule has 1 heterocycles. The third-order valence-corrected chi connectivity index (χ3v) is 4.54. The molecule has 8 nitrogen and oxygen atoms in total. The number of halogens is 1. The number of methoxy groups -OCH3 is 1. The maximum atomic E-state index is 12.6. The molecule has 0 spiro atoms. The van der Waals surface area contributed by atoms with Crippen molar-refractivity contribution < 1.29 is 19.2 Å². The van der Waals surface area contributed by atoms with Crippen LogP contribution in [0.5, 0.6) is 5.75 Å². The van der Waals surface area contributed by atoms with Crippen LogP contribution < -0.4 is 15.0 Å². The summed E-state index contributed by atoms with van der Waals surface area (Å²) in [5, 5.41) is 14.1. The summed E-state index contributed by atoms with van der Waals surface area (Å²) < 4.78 is 5.14. The van der Waals surface area contributed by atoms with Crippen molar-refractivity contribution >= 4 is 40.5 Å². The van der Waals surface area contributed by atoms with Crippen LogP contribution in [0.1, 0.15) is 6.42 Å². The van der Waals surface area contributed by atoms with Gasteiger partial charge in [-0.1, -0.05) is 11.6 Å². The minimum atomic E-state index is -0.586. The van der Waals surface area contributed by atoms with Gasteiger partial charge in [-0.2, -0.15) is 0 Å². The first-order chi connectivity index (χ1) is 12.9. The van der Waals surface area contributed by atoms with Gasteiger partial charge >= 0.3 is 0 Å². The van der Waals surface area contributed by atoms with Crippen molar-refractivity contribution in [2.45, 2.75) is 6.42 Å². The molecule has 0 aliphatic carbocycles. The van der Waals surface area contributed by atoms with E-state index in [9.17, 15) is 19.7 Å². The summed E-state index contributed by atoms with van der Waals surface area (Å²) in [5.74, 6) is -0.868. The van der Waals surface area contributed by atoms with E-state index in [1.807, 2.05) is 0 Å². The zero-order valence-corrected chi connectivity index (χ0v) is 15.1. The van der Waals surface area contributed by atoms with Crippen LogP contribution in [0.2, 0.25) is 5.02 Å². The molecule has 2 amide bonds. The van der Waals surface area contributed by atoms with Crippen molar-refractivity contribution in [3.63, 3.8) is 0 Å². The fraction of sp³-hybridized carbons (Fsp3) is 0.222. The van der Waals surface area contributed by atoms with E-state index in [-0.39, 0.29) is 30.2 Å². The Kier molecular flexibility index (Phi) is 5.27. The van der Waals surface area contributed by atoms with Gasteiger partial charge in [0.2, 0.25) is 11.8 Å². The van der Waals surface area contributed by atoms with E-state index in [0.717, 1.165) is 0 Å². The molecular weight excluding hydrogens is 374 g/mol. The fourth-order valence-electron chi connectivity index (χ4n) is 2.90. The smallest absolute Gasteiger partial charge is 0.271 e.